The van der Waals surface area contributed by atoms with E-state index in [1.54, 1.807) is 0 Å². The van der Waals surface area contributed by atoms with Gasteiger partial charge in [0.15, 0.2) is 8.32 Å². The summed E-state index contributed by atoms with van der Waals surface area (Å²) in [5.74, 6) is 0. The van der Waals surface area contributed by atoms with E-state index < -0.39 is 8.32 Å². The lowest BCUT2D eigenvalue weighted by atomic mass is 9.82. The highest BCUT2D eigenvalue weighted by atomic mass is 28.4. The lowest BCUT2D eigenvalue weighted by Crippen LogP contribution is -2.41. The van der Waals surface area contributed by atoms with Gasteiger partial charge in [0.2, 0.25) is 0 Å². The van der Waals surface area contributed by atoms with Crippen molar-refractivity contribution in [2.45, 2.75) is 51.4 Å². The van der Waals surface area contributed by atoms with Gasteiger partial charge in [-0.1, -0.05) is 47.6 Å². The smallest absolute Gasteiger partial charge is 0.191 e. The molecule has 1 atom stereocenters. The number of rotatable bonds is 3. The van der Waals surface area contributed by atoms with Gasteiger partial charge >= 0.3 is 0 Å². The lowest BCUT2D eigenvalue weighted by Gasteiger charge is -2.40. The predicted molar refractivity (Wildman–Crippen MR) is 89.3 cm³/mol. The van der Waals surface area contributed by atoms with Crippen molar-refractivity contribution in [1.29, 1.82) is 0 Å². The molecule has 0 bridgehead atoms. The van der Waals surface area contributed by atoms with Crippen LogP contribution in [0.4, 0.5) is 0 Å². The van der Waals surface area contributed by atoms with Gasteiger partial charge in [-0.25, -0.2) is 0 Å². The summed E-state index contributed by atoms with van der Waals surface area (Å²) < 4.78 is 6.78. The molecule has 0 fully saturated rings. The van der Waals surface area contributed by atoms with E-state index in [0.717, 1.165) is 18.9 Å². The van der Waals surface area contributed by atoms with Gasteiger partial charge in [0.1, 0.15) is 0 Å². The first-order chi connectivity index (χ1) is 9.33. The second-order valence-electron chi connectivity index (χ2n) is 6.79. The summed E-state index contributed by atoms with van der Waals surface area (Å²) in [7, 11) is -1.69. The Bertz CT molecular complexity index is 515. The summed E-state index contributed by atoms with van der Waals surface area (Å²) in [6.07, 6.45) is 4.26. The van der Waals surface area contributed by atoms with Crippen molar-refractivity contribution < 1.29 is 4.43 Å². The third-order valence-electron chi connectivity index (χ3n) is 3.87. The van der Waals surface area contributed by atoms with E-state index >= 15 is 0 Å². The van der Waals surface area contributed by atoms with Crippen molar-refractivity contribution >= 4 is 8.32 Å². The molecule has 0 spiro atoms. The van der Waals surface area contributed by atoms with E-state index in [-0.39, 0.29) is 5.60 Å². The molecule has 1 nitrogen and oxygen atoms in total. The molecule has 0 radical (unpaired) electrons. The molecule has 0 amide bonds. The fourth-order valence-corrected chi connectivity index (χ4v) is 5.38. The van der Waals surface area contributed by atoms with Crippen LogP contribution in [0.25, 0.3) is 0 Å². The molecule has 2 heteroatoms. The van der Waals surface area contributed by atoms with Gasteiger partial charge in [0.25, 0.3) is 0 Å². The third-order valence-corrected chi connectivity index (χ3v) is 6.00. The van der Waals surface area contributed by atoms with Crippen LogP contribution in [0, 0.1) is 0 Å². The molecule has 2 rings (SSSR count). The SMILES string of the molecule is C=C(C)C[C@]1(c2ccccc2)CC(C)=CC[Si](C)(C)O1. The molecule has 0 aliphatic carbocycles. The van der Waals surface area contributed by atoms with Crippen LogP contribution in [-0.4, -0.2) is 8.32 Å². The number of hydrogen-bond acceptors (Lipinski definition) is 1. The van der Waals surface area contributed by atoms with Crippen molar-refractivity contribution in [2.24, 2.45) is 0 Å². The zero-order valence-corrected chi connectivity index (χ0v) is 14.2. The van der Waals surface area contributed by atoms with Crippen molar-refractivity contribution in [3.8, 4) is 0 Å². The van der Waals surface area contributed by atoms with Crippen molar-refractivity contribution in [2.75, 3.05) is 0 Å². The molecule has 0 saturated carbocycles. The molecule has 1 aromatic carbocycles. The molecule has 1 heterocycles. The number of benzene rings is 1. The van der Waals surface area contributed by atoms with Crippen molar-refractivity contribution in [3.05, 3.63) is 59.7 Å². The second-order valence-corrected chi connectivity index (χ2v) is 10.9. The van der Waals surface area contributed by atoms with E-state index in [0.29, 0.717) is 0 Å². The Hall–Kier alpha value is -1.12. The van der Waals surface area contributed by atoms with E-state index in [2.05, 4.69) is 69.9 Å². The normalized spacial score (nSPS) is 25.7. The Morgan fingerprint density at radius 2 is 1.95 bits per heavy atom. The highest BCUT2D eigenvalue weighted by Gasteiger charge is 2.41. The van der Waals surface area contributed by atoms with Gasteiger partial charge < -0.3 is 4.43 Å². The quantitative estimate of drug-likeness (QED) is 0.532. The Labute approximate surface area is 124 Å². The predicted octanol–water partition coefficient (Wildman–Crippen LogP) is 5.42. The van der Waals surface area contributed by atoms with Gasteiger partial charge in [-0.3, -0.25) is 0 Å². The largest absolute Gasteiger partial charge is 0.407 e. The first-order valence-corrected chi connectivity index (χ1v) is 10.5. The van der Waals surface area contributed by atoms with E-state index in [1.807, 2.05) is 0 Å². The van der Waals surface area contributed by atoms with Crippen LogP contribution in [0.15, 0.2) is 54.1 Å². The summed E-state index contributed by atoms with van der Waals surface area (Å²) >= 11 is 0. The van der Waals surface area contributed by atoms with E-state index in [4.69, 9.17) is 4.43 Å². The maximum absolute atomic E-state index is 6.78. The monoisotopic (exact) mass is 286 g/mol. The van der Waals surface area contributed by atoms with Gasteiger partial charge in [-0.05, 0) is 38.5 Å². The standard InChI is InChI=1S/C18H26OSi/c1-15(2)13-18(17-9-7-6-8-10-17)14-16(3)11-12-20(4,5)19-18/h6-11H,1,12-14H2,2-5H3/t18-/m1/s1. The van der Waals surface area contributed by atoms with Crippen LogP contribution < -0.4 is 0 Å². The van der Waals surface area contributed by atoms with E-state index in [1.165, 1.54) is 16.7 Å². The van der Waals surface area contributed by atoms with Gasteiger partial charge in [0, 0.05) is 12.8 Å². The summed E-state index contributed by atoms with van der Waals surface area (Å²) in [6.45, 7) is 13.1. The zero-order valence-electron chi connectivity index (χ0n) is 13.2. The maximum Gasteiger partial charge on any atom is 0.191 e. The van der Waals surface area contributed by atoms with Crippen LogP contribution in [0.3, 0.4) is 0 Å². The Kier molecular flexibility index (Phi) is 4.36. The summed E-state index contributed by atoms with van der Waals surface area (Å²) in [5.41, 5.74) is 3.69. The number of hydrogen-bond donors (Lipinski definition) is 0. The fraction of sp³-hybridized carbons (Fsp3) is 0.444. The van der Waals surface area contributed by atoms with Crippen LogP contribution in [0.2, 0.25) is 19.1 Å². The minimum absolute atomic E-state index is 0.222. The minimum Gasteiger partial charge on any atom is -0.407 e. The summed E-state index contributed by atoms with van der Waals surface area (Å²) in [6, 6.07) is 11.8. The molecule has 0 N–H and O–H groups in total. The average molecular weight is 286 g/mol. The van der Waals surface area contributed by atoms with Crippen LogP contribution >= 0.6 is 0 Å². The molecule has 108 valence electrons. The molecule has 0 aromatic heterocycles. The fourth-order valence-electron chi connectivity index (χ4n) is 3.14. The van der Waals surface area contributed by atoms with E-state index in [9.17, 15) is 0 Å². The maximum atomic E-state index is 6.78. The van der Waals surface area contributed by atoms with Gasteiger partial charge in [-0.2, -0.15) is 0 Å². The topological polar surface area (TPSA) is 9.23 Å². The third kappa shape index (κ3) is 3.50. The molecule has 1 aliphatic rings. The Morgan fingerprint density at radius 1 is 1.30 bits per heavy atom. The lowest BCUT2D eigenvalue weighted by molar-refractivity contribution is 0.0593. The number of allylic oxidation sites excluding steroid dienone is 1. The second kappa shape index (κ2) is 5.70. The highest BCUT2D eigenvalue weighted by molar-refractivity contribution is 6.71. The van der Waals surface area contributed by atoms with Crippen LogP contribution in [-0.2, 0) is 10.0 Å². The van der Waals surface area contributed by atoms with Crippen LogP contribution in [0.5, 0.6) is 0 Å². The first kappa shape index (κ1) is 15.3. The molecule has 0 saturated heterocycles. The van der Waals surface area contributed by atoms with Crippen LogP contribution in [0.1, 0.15) is 32.3 Å². The molecule has 0 unspecified atom stereocenters. The Morgan fingerprint density at radius 3 is 2.55 bits per heavy atom. The van der Waals surface area contributed by atoms with Gasteiger partial charge in [0.05, 0.1) is 5.60 Å². The molecular weight excluding hydrogens is 260 g/mol. The summed E-state index contributed by atoms with van der Waals surface area (Å²) in [4.78, 5) is 0. The van der Waals surface area contributed by atoms with Crippen molar-refractivity contribution in [1.82, 2.24) is 0 Å². The van der Waals surface area contributed by atoms with Crippen molar-refractivity contribution in [3.63, 3.8) is 0 Å². The molecule has 1 aliphatic heterocycles. The highest BCUT2D eigenvalue weighted by Crippen LogP contribution is 2.43. The molecule has 20 heavy (non-hydrogen) atoms. The molecular formula is C18H26OSi. The minimum atomic E-state index is -1.69. The first-order valence-electron chi connectivity index (χ1n) is 7.39. The average Bonchev–Trinajstić information content (AvgIpc) is 2.47. The zero-order chi connectivity index (χ0) is 14.8. The summed E-state index contributed by atoms with van der Waals surface area (Å²) in [5, 5.41) is 0. The Balaban J connectivity index is 2.51. The van der Waals surface area contributed by atoms with Gasteiger partial charge in [-0.15, -0.1) is 6.58 Å². The molecule has 1 aromatic rings.